The summed E-state index contributed by atoms with van der Waals surface area (Å²) in [7, 11) is 1.92. The molecule has 1 unspecified atom stereocenters. The Hall–Kier alpha value is -1.55. The molecular formula is C17H25ClIN7. The van der Waals surface area contributed by atoms with Gasteiger partial charge in [0.25, 0.3) is 0 Å². The van der Waals surface area contributed by atoms with Crippen LogP contribution >= 0.6 is 35.6 Å². The Balaban J connectivity index is 0.00000243. The van der Waals surface area contributed by atoms with Crippen molar-refractivity contribution in [2.75, 3.05) is 24.5 Å². The number of guanidine groups is 1. The van der Waals surface area contributed by atoms with Crippen molar-refractivity contribution in [2.45, 2.75) is 25.9 Å². The molecule has 1 aliphatic heterocycles. The summed E-state index contributed by atoms with van der Waals surface area (Å²) in [4.78, 5) is 6.97. The molecule has 9 heteroatoms. The topological polar surface area (TPSA) is 70.4 Å². The van der Waals surface area contributed by atoms with Gasteiger partial charge in [0.2, 0.25) is 0 Å². The fourth-order valence-electron chi connectivity index (χ4n) is 2.90. The van der Waals surface area contributed by atoms with Crippen LogP contribution in [0.15, 0.2) is 35.6 Å². The van der Waals surface area contributed by atoms with Gasteiger partial charge in [0.05, 0.1) is 0 Å². The Labute approximate surface area is 176 Å². The predicted molar refractivity (Wildman–Crippen MR) is 116 cm³/mol. The molecule has 1 aromatic heterocycles. The fourth-order valence-corrected chi connectivity index (χ4v) is 3.08. The van der Waals surface area contributed by atoms with Gasteiger partial charge >= 0.3 is 0 Å². The number of nitrogens with one attached hydrogen (secondary N) is 2. The molecule has 142 valence electrons. The molecule has 2 heterocycles. The average molecular weight is 490 g/mol. The molecule has 1 aromatic carbocycles. The van der Waals surface area contributed by atoms with Crippen LogP contribution in [0.1, 0.15) is 19.2 Å². The van der Waals surface area contributed by atoms with E-state index in [1.54, 1.807) is 6.33 Å². The largest absolute Gasteiger partial charge is 0.369 e. The first-order valence-electron chi connectivity index (χ1n) is 8.54. The second-order valence-electron chi connectivity index (χ2n) is 6.11. The van der Waals surface area contributed by atoms with Crippen molar-refractivity contribution in [2.24, 2.45) is 12.0 Å². The first-order valence-corrected chi connectivity index (χ1v) is 8.91. The summed E-state index contributed by atoms with van der Waals surface area (Å²) < 4.78 is 1.88. The zero-order chi connectivity index (χ0) is 17.6. The fraction of sp³-hybridized carbons (Fsp3) is 0.471. The maximum Gasteiger partial charge on any atom is 0.191 e. The number of nitrogens with zero attached hydrogens (tertiary/aromatic N) is 5. The van der Waals surface area contributed by atoms with Gasteiger partial charge in [-0.05, 0) is 31.5 Å². The molecule has 7 nitrogen and oxygen atoms in total. The van der Waals surface area contributed by atoms with Crippen LogP contribution in [0.25, 0.3) is 0 Å². The lowest BCUT2D eigenvalue weighted by molar-refractivity contribution is 0.647. The van der Waals surface area contributed by atoms with Crippen LogP contribution in [-0.4, -0.2) is 46.4 Å². The third-order valence-electron chi connectivity index (χ3n) is 4.23. The van der Waals surface area contributed by atoms with Crippen LogP contribution < -0.4 is 15.5 Å². The molecule has 0 bridgehead atoms. The van der Waals surface area contributed by atoms with Crippen molar-refractivity contribution in [3.05, 3.63) is 41.4 Å². The molecule has 2 aromatic rings. The highest BCUT2D eigenvalue weighted by molar-refractivity contribution is 14.0. The van der Waals surface area contributed by atoms with Crippen LogP contribution in [0, 0.1) is 0 Å². The lowest BCUT2D eigenvalue weighted by Crippen LogP contribution is -2.44. The molecule has 1 fully saturated rings. The highest BCUT2D eigenvalue weighted by Gasteiger charge is 2.23. The van der Waals surface area contributed by atoms with E-state index in [2.05, 4.69) is 43.7 Å². The Morgan fingerprint density at radius 3 is 2.96 bits per heavy atom. The summed E-state index contributed by atoms with van der Waals surface area (Å²) in [6.45, 7) is 5.30. The smallest absolute Gasteiger partial charge is 0.191 e. The number of hydrogen-bond donors (Lipinski definition) is 2. The van der Waals surface area contributed by atoms with Crippen molar-refractivity contribution in [1.29, 1.82) is 0 Å². The van der Waals surface area contributed by atoms with Gasteiger partial charge in [-0.15, -0.1) is 34.2 Å². The van der Waals surface area contributed by atoms with Gasteiger partial charge < -0.3 is 20.1 Å². The molecule has 1 saturated heterocycles. The SMILES string of the molecule is CCNC(=NCc1nncn1C)NC1CCN(c2cccc(Cl)c2)C1.I. The van der Waals surface area contributed by atoms with E-state index in [-0.39, 0.29) is 24.0 Å². The third kappa shape index (κ3) is 5.47. The Morgan fingerprint density at radius 1 is 1.42 bits per heavy atom. The van der Waals surface area contributed by atoms with Crippen molar-refractivity contribution < 1.29 is 0 Å². The van der Waals surface area contributed by atoms with Crippen LogP contribution in [0.3, 0.4) is 0 Å². The third-order valence-corrected chi connectivity index (χ3v) is 4.47. The van der Waals surface area contributed by atoms with E-state index in [4.69, 9.17) is 11.6 Å². The van der Waals surface area contributed by atoms with E-state index in [1.807, 2.05) is 29.8 Å². The van der Waals surface area contributed by atoms with Crippen LogP contribution in [0.5, 0.6) is 0 Å². The molecule has 2 N–H and O–H groups in total. The Bertz CT molecular complexity index is 733. The number of anilines is 1. The van der Waals surface area contributed by atoms with Gasteiger partial charge in [0.1, 0.15) is 12.9 Å². The highest BCUT2D eigenvalue weighted by atomic mass is 127. The van der Waals surface area contributed by atoms with E-state index in [0.717, 1.165) is 48.5 Å². The number of aromatic nitrogens is 3. The molecule has 0 aliphatic carbocycles. The summed E-state index contributed by atoms with van der Waals surface area (Å²) in [5, 5.41) is 15.5. The van der Waals surface area contributed by atoms with E-state index < -0.39 is 0 Å². The van der Waals surface area contributed by atoms with Gasteiger partial charge in [-0.1, -0.05) is 17.7 Å². The Kier molecular flexibility index (Phi) is 7.95. The second kappa shape index (κ2) is 9.96. The first kappa shape index (κ1) is 20.8. The summed E-state index contributed by atoms with van der Waals surface area (Å²) in [6.07, 6.45) is 2.74. The number of hydrogen-bond acceptors (Lipinski definition) is 4. The summed E-state index contributed by atoms with van der Waals surface area (Å²) in [5.74, 6) is 1.65. The number of rotatable bonds is 5. The minimum atomic E-state index is 0. The number of halogens is 2. The maximum atomic E-state index is 6.10. The second-order valence-corrected chi connectivity index (χ2v) is 6.55. The maximum absolute atomic E-state index is 6.10. The van der Waals surface area contributed by atoms with E-state index in [9.17, 15) is 0 Å². The van der Waals surface area contributed by atoms with Gasteiger partial charge in [0, 0.05) is 43.4 Å². The van der Waals surface area contributed by atoms with E-state index in [0.29, 0.717) is 12.6 Å². The zero-order valence-corrected chi connectivity index (χ0v) is 18.1. The standard InChI is InChI=1S/C17H24ClN7.HI/c1-3-19-17(20-10-16-23-21-12-24(16)2)22-14-7-8-25(11-14)15-6-4-5-13(18)9-15;/h4-6,9,12,14H,3,7-8,10-11H2,1-2H3,(H2,19,20,22);1H. The average Bonchev–Trinajstić information content (AvgIpc) is 3.22. The summed E-state index contributed by atoms with van der Waals surface area (Å²) in [5.41, 5.74) is 1.16. The van der Waals surface area contributed by atoms with Crippen molar-refractivity contribution >= 4 is 47.2 Å². The molecule has 0 spiro atoms. The van der Waals surface area contributed by atoms with Crippen LogP contribution in [0.4, 0.5) is 5.69 Å². The summed E-state index contributed by atoms with van der Waals surface area (Å²) >= 11 is 6.10. The molecule has 0 amide bonds. The zero-order valence-electron chi connectivity index (χ0n) is 15.0. The van der Waals surface area contributed by atoms with Crippen LogP contribution in [-0.2, 0) is 13.6 Å². The van der Waals surface area contributed by atoms with Crippen molar-refractivity contribution in [3.63, 3.8) is 0 Å². The molecular weight excluding hydrogens is 465 g/mol. The minimum absolute atomic E-state index is 0. The number of benzene rings is 1. The quantitative estimate of drug-likeness (QED) is 0.383. The predicted octanol–water partition coefficient (Wildman–Crippen LogP) is 2.42. The molecule has 0 saturated carbocycles. The summed E-state index contributed by atoms with van der Waals surface area (Å²) in [6, 6.07) is 8.35. The van der Waals surface area contributed by atoms with Gasteiger partial charge in [0.15, 0.2) is 11.8 Å². The number of aliphatic imine (C=N–C) groups is 1. The lowest BCUT2D eigenvalue weighted by Gasteiger charge is -2.20. The minimum Gasteiger partial charge on any atom is -0.369 e. The first-order chi connectivity index (χ1) is 12.2. The molecule has 3 rings (SSSR count). The molecule has 0 radical (unpaired) electrons. The monoisotopic (exact) mass is 489 g/mol. The lowest BCUT2D eigenvalue weighted by atomic mass is 10.3. The normalized spacial score (nSPS) is 17.1. The van der Waals surface area contributed by atoms with Crippen molar-refractivity contribution in [1.82, 2.24) is 25.4 Å². The molecule has 26 heavy (non-hydrogen) atoms. The van der Waals surface area contributed by atoms with Gasteiger partial charge in [-0.25, -0.2) is 4.99 Å². The van der Waals surface area contributed by atoms with E-state index >= 15 is 0 Å². The van der Waals surface area contributed by atoms with Gasteiger partial charge in [-0.3, -0.25) is 0 Å². The van der Waals surface area contributed by atoms with Crippen LogP contribution in [0.2, 0.25) is 5.02 Å². The molecule has 1 atom stereocenters. The van der Waals surface area contributed by atoms with Gasteiger partial charge in [-0.2, -0.15) is 0 Å². The Morgan fingerprint density at radius 2 is 2.27 bits per heavy atom. The number of aryl methyl sites for hydroxylation is 1. The highest BCUT2D eigenvalue weighted by Crippen LogP contribution is 2.23. The molecule has 1 aliphatic rings. The van der Waals surface area contributed by atoms with Crippen molar-refractivity contribution in [3.8, 4) is 0 Å². The van der Waals surface area contributed by atoms with E-state index in [1.165, 1.54) is 0 Å².